The summed E-state index contributed by atoms with van der Waals surface area (Å²) in [5, 5.41) is 22.2. The molecule has 0 aliphatic heterocycles. The quantitative estimate of drug-likeness (QED) is 0.406. The van der Waals surface area contributed by atoms with Crippen LogP contribution in [0.25, 0.3) is 27.0 Å². The molecule has 4 heterocycles. The van der Waals surface area contributed by atoms with Crippen LogP contribution >= 0.6 is 11.3 Å². The van der Waals surface area contributed by atoms with Crippen molar-refractivity contribution in [2.24, 2.45) is 7.05 Å². The average Bonchev–Trinajstić information content (AvgIpc) is 3.45. The molecule has 0 bridgehead atoms. The predicted octanol–water partition coefficient (Wildman–Crippen LogP) is 2.78. The largest absolute Gasteiger partial charge is 0.308 e. The van der Waals surface area contributed by atoms with Gasteiger partial charge in [-0.2, -0.15) is 14.7 Å². The molecule has 0 spiro atoms. The summed E-state index contributed by atoms with van der Waals surface area (Å²) < 4.78 is 15.8. The third-order valence-corrected chi connectivity index (χ3v) is 5.69. The van der Waals surface area contributed by atoms with E-state index in [1.807, 2.05) is 31.7 Å². The highest BCUT2D eigenvalue weighted by atomic mass is 32.1. The lowest BCUT2D eigenvalue weighted by molar-refractivity contribution is 0.466. The normalized spacial score (nSPS) is 11.7. The summed E-state index contributed by atoms with van der Waals surface area (Å²) >= 11 is 1.46. The fourth-order valence-electron chi connectivity index (χ4n) is 3.34. The van der Waals surface area contributed by atoms with Crippen molar-refractivity contribution in [1.29, 1.82) is 0 Å². The van der Waals surface area contributed by atoms with E-state index in [-0.39, 0.29) is 0 Å². The second-order valence-electron chi connectivity index (χ2n) is 7.00. The van der Waals surface area contributed by atoms with Crippen LogP contribution in [0.15, 0.2) is 42.9 Å². The van der Waals surface area contributed by atoms with Gasteiger partial charge in [-0.05, 0) is 23.8 Å². The van der Waals surface area contributed by atoms with Crippen LogP contribution in [0.1, 0.15) is 16.4 Å². The smallest absolute Gasteiger partial charge is 0.234 e. The SMILES string of the molecule is Cn1cc(-c2cnc3ccc(Cc4nnc5sc(CNCCF)nn45)cc3c2)cn1. The number of pyridine rings is 1. The zero-order chi connectivity index (χ0) is 20.5. The number of fused-ring (bicyclic) bond motifs is 2. The summed E-state index contributed by atoms with van der Waals surface area (Å²) in [6.07, 6.45) is 6.29. The Balaban J connectivity index is 1.42. The van der Waals surface area contributed by atoms with Crippen LogP contribution in [0.3, 0.4) is 0 Å². The van der Waals surface area contributed by atoms with E-state index in [0.29, 0.717) is 19.5 Å². The second-order valence-corrected chi connectivity index (χ2v) is 8.04. The first-order valence-corrected chi connectivity index (χ1v) is 10.4. The summed E-state index contributed by atoms with van der Waals surface area (Å²) in [6, 6.07) is 8.32. The molecule has 0 fully saturated rings. The number of aromatic nitrogens is 7. The first kappa shape index (κ1) is 18.8. The molecule has 0 saturated carbocycles. The van der Waals surface area contributed by atoms with E-state index in [2.05, 4.69) is 48.9 Å². The number of aryl methyl sites for hydroxylation is 1. The minimum absolute atomic E-state index is 0.319. The van der Waals surface area contributed by atoms with Crippen molar-refractivity contribution in [2.75, 3.05) is 13.2 Å². The molecule has 8 nitrogen and oxygen atoms in total. The molecule has 0 amide bonds. The molecule has 0 aliphatic rings. The topological polar surface area (TPSA) is 85.8 Å². The Morgan fingerprint density at radius 3 is 2.90 bits per heavy atom. The minimum Gasteiger partial charge on any atom is -0.308 e. The molecule has 1 aromatic carbocycles. The first-order valence-electron chi connectivity index (χ1n) is 9.54. The number of hydrogen-bond acceptors (Lipinski definition) is 7. The van der Waals surface area contributed by atoms with Crippen LogP contribution < -0.4 is 5.32 Å². The van der Waals surface area contributed by atoms with Gasteiger partial charge in [0.15, 0.2) is 5.82 Å². The highest BCUT2D eigenvalue weighted by Crippen LogP contribution is 2.24. The van der Waals surface area contributed by atoms with Crippen molar-refractivity contribution < 1.29 is 4.39 Å². The fourth-order valence-corrected chi connectivity index (χ4v) is 4.16. The molecule has 0 atom stereocenters. The molecule has 0 saturated heterocycles. The maximum Gasteiger partial charge on any atom is 0.234 e. The standard InChI is InChI=1S/C20H19FN8S/c1-28-12-16(10-24-28)15-8-14-6-13(2-3-17(14)23-9-15)7-18-25-26-20-29(18)27-19(30-20)11-22-5-4-21/h2-3,6,8-10,12,22H,4-5,7,11H2,1H3. The maximum atomic E-state index is 12.3. The van der Waals surface area contributed by atoms with Gasteiger partial charge in [-0.1, -0.05) is 17.4 Å². The van der Waals surface area contributed by atoms with E-state index in [0.717, 1.165) is 43.4 Å². The van der Waals surface area contributed by atoms with Crippen LogP contribution in [-0.2, 0) is 20.0 Å². The molecule has 30 heavy (non-hydrogen) atoms. The van der Waals surface area contributed by atoms with E-state index < -0.39 is 6.67 Å². The van der Waals surface area contributed by atoms with Gasteiger partial charge in [-0.15, -0.1) is 10.2 Å². The van der Waals surface area contributed by atoms with Crippen molar-refractivity contribution in [3.63, 3.8) is 0 Å². The molecule has 5 rings (SSSR count). The molecular formula is C20H19FN8S. The Kier molecular flexibility index (Phi) is 4.93. The summed E-state index contributed by atoms with van der Waals surface area (Å²) in [7, 11) is 1.90. The Bertz CT molecular complexity index is 1320. The van der Waals surface area contributed by atoms with Crippen molar-refractivity contribution in [3.05, 3.63) is 59.3 Å². The third kappa shape index (κ3) is 3.66. The van der Waals surface area contributed by atoms with Crippen molar-refractivity contribution in [1.82, 2.24) is 39.9 Å². The average molecular weight is 422 g/mol. The summed E-state index contributed by atoms with van der Waals surface area (Å²) in [5.41, 5.74) is 4.11. The number of nitrogens with zero attached hydrogens (tertiary/aromatic N) is 7. The van der Waals surface area contributed by atoms with Crippen LogP contribution in [0.5, 0.6) is 0 Å². The van der Waals surface area contributed by atoms with Gasteiger partial charge in [-0.25, -0.2) is 4.39 Å². The third-order valence-electron chi connectivity index (χ3n) is 4.79. The van der Waals surface area contributed by atoms with E-state index >= 15 is 0 Å². The summed E-state index contributed by atoms with van der Waals surface area (Å²) in [6.45, 7) is 0.448. The van der Waals surface area contributed by atoms with E-state index in [4.69, 9.17) is 0 Å². The van der Waals surface area contributed by atoms with Gasteiger partial charge in [0.05, 0.1) is 11.7 Å². The first-order chi connectivity index (χ1) is 14.7. The molecule has 0 aliphatic carbocycles. The Morgan fingerprint density at radius 2 is 2.07 bits per heavy atom. The van der Waals surface area contributed by atoms with Gasteiger partial charge in [-0.3, -0.25) is 9.67 Å². The van der Waals surface area contributed by atoms with Crippen LogP contribution in [-0.4, -0.2) is 47.8 Å². The minimum atomic E-state index is -0.394. The van der Waals surface area contributed by atoms with Crippen molar-refractivity contribution in [3.8, 4) is 11.1 Å². The monoisotopic (exact) mass is 422 g/mol. The molecular weight excluding hydrogens is 403 g/mol. The Morgan fingerprint density at radius 1 is 1.13 bits per heavy atom. The zero-order valence-electron chi connectivity index (χ0n) is 16.3. The second kappa shape index (κ2) is 7.88. The Labute approximate surface area is 175 Å². The molecule has 4 aromatic heterocycles. The van der Waals surface area contributed by atoms with E-state index in [9.17, 15) is 4.39 Å². The molecule has 0 unspecified atom stereocenters. The number of hydrogen-bond donors (Lipinski definition) is 1. The Hall–Kier alpha value is -3.24. The van der Waals surface area contributed by atoms with Crippen LogP contribution in [0.4, 0.5) is 4.39 Å². The van der Waals surface area contributed by atoms with Gasteiger partial charge in [0.1, 0.15) is 11.7 Å². The van der Waals surface area contributed by atoms with Gasteiger partial charge in [0.25, 0.3) is 0 Å². The lowest BCUT2D eigenvalue weighted by Crippen LogP contribution is -2.16. The number of benzene rings is 1. The number of halogens is 1. The van der Waals surface area contributed by atoms with Crippen molar-refractivity contribution in [2.45, 2.75) is 13.0 Å². The van der Waals surface area contributed by atoms with Crippen LogP contribution in [0.2, 0.25) is 0 Å². The number of rotatable bonds is 7. The van der Waals surface area contributed by atoms with Crippen molar-refractivity contribution >= 4 is 27.2 Å². The predicted molar refractivity (Wildman–Crippen MR) is 113 cm³/mol. The van der Waals surface area contributed by atoms with E-state index in [1.54, 1.807) is 9.20 Å². The summed E-state index contributed by atoms with van der Waals surface area (Å²) in [5.74, 6) is 0.772. The number of alkyl halides is 1. The summed E-state index contributed by atoms with van der Waals surface area (Å²) in [4.78, 5) is 5.32. The number of nitrogens with one attached hydrogen (secondary N) is 1. The highest BCUT2D eigenvalue weighted by molar-refractivity contribution is 7.16. The highest BCUT2D eigenvalue weighted by Gasteiger charge is 2.13. The van der Waals surface area contributed by atoms with E-state index in [1.165, 1.54) is 11.3 Å². The molecule has 10 heteroatoms. The molecule has 0 radical (unpaired) electrons. The molecule has 1 N–H and O–H groups in total. The van der Waals surface area contributed by atoms with Gasteiger partial charge in [0, 0.05) is 55.5 Å². The van der Waals surface area contributed by atoms with Gasteiger partial charge >= 0.3 is 0 Å². The molecule has 152 valence electrons. The lowest BCUT2D eigenvalue weighted by Gasteiger charge is -2.04. The van der Waals surface area contributed by atoms with Gasteiger partial charge in [0.2, 0.25) is 4.96 Å². The zero-order valence-corrected chi connectivity index (χ0v) is 17.1. The lowest BCUT2D eigenvalue weighted by atomic mass is 10.0. The molecule has 5 aromatic rings. The maximum absolute atomic E-state index is 12.3. The fraction of sp³-hybridized carbons (Fsp3) is 0.250. The van der Waals surface area contributed by atoms with Gasteiger partial charge < -0.3 is 5.32 Å². The van der Waals surface area contributed by atoms with Crippen LogP contribution in [0, 0.1) is 0 Å².